The Balaban J connectivity index is 1.35. The van der Waals surface area contributed by atoms with Crippen molar-refractivity contribution >= 4 is 40.1 Å². The number of hydrogen-bond acceptors (Lipinski definition) is 8. The second kappa shape index (κ2) is 9.17. The fourth-order valence-corrected chi connectivity index (χ4v) is 3.63. The molecule has 1 atom stereocenters. The Morgan fingerprint density at radius 2 is 1.92 bits per heavy atom. The second-order valence-corrected chi connectivity index (χ2v) is 9.14. The summed E-state index contributed by atoms with van der Waals surface area (Å²) in [5.41, 5.74) is 2.16. The molecule has 0 spiro atoms. The van der Waals surface area contributed by atoms with Gasteiger partial charge in [-0.1, -0.05) is 0 Å². The minimum atomic E-state index is -0.633. The molecule has 2 aromatic carbocycles. The van der Waals surface area contributed by atoms with Crippen LogP contribution in [0.4, 0.5) is 32.3 Å². The normalized spacial score (nSPS) is 14.6. The molecule has 11 heteroatoms. The molecule has 1 aliphatic heterocycles. The number of nitrogens with zero attached hydrogens (tertiary/aromatic N) is 3. The van der Waals surface area contributed by atoms with Crippen molar-refractivity contribution in [1.29, 1.82) is 0 Å². The number of aromatic amines is 1. The number of hydrogen-bond donors (Lipinski definition) is 4. The van der Waals surface area contributed by atoms with Gasteiger partial charge in [0.1, 0.15) is 11.4 Å². The van der Waals surface area contributed by atoms with E-state index < -0.39 is 23.6 Å². The molecule has 184 valence electrons. The highest BCUT2D eigenvalue weighted by Crippen LogP contribution is 2.34. The fourth-order valence-electron chi connectivity index (χ4n) is 3.63. The van der Waals surface area contributed by atoms with Crippen molar-refractivity contribution in [3.8, 4) is 5.75 Å². The van der Waals surface area contributed by atoms with E-state index in [2.05, 4.69) is 36.1 Å². The lowest BCUT2D eigenvalue weighted by molar-refractivity contribution is 0.0512. The first-order valence-corrected chi connectivity index (χ1v) is 11.2. The van der Waals surface area contributed by atoms with Crippen molar-refractivity contribution in [2.45, 2.75) is 32.4 Å². The zero-order chi connectivity index (χ0) is 25.3. The van der Waals surface area contributed by atoms with Gasteiger partial charge in [0.05, 0.1) is 30.2 Å². The summed E-state index contributed by atoms with van der Waals surface area (Å²) >= 11 is 0. The molecule has 0 saturated carbocycles. The maximum Gasteiger partial charge on any atom is 0.408 e. The van der Waals surface area contributed by atoms with Gasteiger partial charge in [0.15, 0.2) is 11.6 Å². The highest BCUT2D eigenvalue weighted by molar-refractivity contribution is 5.82. The molecule has 0 radical (unpaired) electrons. The van der Waals surface area contributed by atoms with Gasteiger partial charge in [0, 0.05) is 22.3 Å². The maximum atomic E-state index is 14.6. The minimum Gasteiger partial charge on any atom is -0.465 e. The Morgan fingerprint density at radius 1 is 1.11 bits per heavy atom. The molecule has 5 rings (SSSR count). The molecule has 2 aromatic heterocycles. The molecule has 36 heavy (non-hydrogen) atoms. The van der Waals surface area contributed by atoms with Crippen LogP contribution in [0.2, 0.25) is 0 Å². The van der Waals surface area contributed by atoms with E-state index in [0.717, 1.165) is 22.8 Å². The fraction of sp³-hybridized carbons (Fsp3) is 0.200. The average Bonchev–Trinajstić information content (AvgIpc) is 3.28. The third kappa shape index (κ3) is 5.19. The standard InChI is InChI=1S/C25H24FN7O3/c1-25(2,3)36-24(34)31-19-8-9-35-21-7-6-15(10-17(19)21)29-22-18(26)13-27-23(32-22)30-16-5-4-14-12-28-33-20(14)11-16/h4-13,19H,1-3H3,(H,28,33)(H,31,34)(H2,27,29,30,32). The Hall–Kier alpha value is -4.67. The Kier molecular flexibility index (Phi) is 5.88. The molecule has 0 bridgehead atoms. The van der Waals surface area contributed by atoms with Crippen LogP contribution in [0.1, 0.15) is 32.4 Å². The van der Waals surface area contributed by atoms with Crippen molar-refractivity contribution in [2.24, 2.45) is 0 Å². The topological polar surface area (TPSA) is 126 Å². The van der Waals surface area contributed by atoms with Crippen LogP contribution in [0.15, 0.2) is 61.1 Å². The Labute approximate surface area is 205 Å². The minimum absolute atomic E-state index is 0.0148. The van der Waals surface area contributed by atoms with Crippen molar-refractivity contribution in [1.82, 2.24) is 25.5 Å². The number of nitrogens with one attached hydrogen (secondary N) is 4. The number of benzene rings is 2. The molecule has 1 amide bonds. The summed E-state index contributed by atoms with van der Waals surface area (Å²) in [5.74, 6) is 0.135. The van der Waals surface area contributed by atoms with E-state index in [1.54, 1.807) is 51.2 Å². The summed E-state index contributed by atoms with van der Waals surface area (Å²) in [6.07, 6.45) is 5.45. The van der Waals surface area contributed by atoms with Crippen LogP contribution < -0.4 is 20.7 Å². The molecule has 1 unspecified atom stereocenters. The molecule has 3 heterocycles. The Bertz CT molecular complexity index is 1460. The number of fused-ring (bicyclic) bond motifs is 2. The number of ether oxygens (including phenoxy) is 2. The number of carbonyl (C=O) groups is 1. The SMILES string of the molecule is CC(C)(C)OC(=O)NC1C=COc2ccc(Nc3nc(Nc4ccc5cn[nH]c5c4)ncc3F)cc21. The average molecular weight is 490 g/mol. The number of H-pyrrole nitrogens is 1. The molecule has 10 nitrogen and oxygen atoms in total. The third-order valence-electron chi connectivity index (χ3n) is 5.19. The third-order valence-corrected chi connectivity index (χ3v) is 5.19. The molecule has 0 fully saturated rings. The van der Waals surface area contributed by atoms with Crippen molar-refractivity contribution < 1.29 is 18.7 Å². The summed E-state index contributed by atoms with van der Waals surface area (Å²) in [5, 5.41) is 16.7. The number of aromatic nitrogens is 4. The quantitative estimate of drug-likeness (QED) is 0.292. The van der Waals surface area contributed by atoms with E-state index in [-0.39, 0.29) is 11.8 Å². The van der Waals surface area contributed by atoms with E-state index in [1.165, 1.54) is 6.26 Å². The van der Waals surface area contributed by atoms with Gasteiger partial charge in [0.2, 0.25) is 5.95 Å². The lowest BCUT2D eigenvalue weighted by Crippen LogP contribution is -2.35. The first kappa shape index (κ1) is 23.1. The summed E-state index contributed by atoms with van der Waals surface area (Å²) in [7, 11) is 0. The van der Waals surface area contributed by atoms with Gasteiger partial charge in [-0.05, 0) is 63.2 Å². The van der Waals surface area contributed by atoms with E-state index in [1.807, 2.05) is 18.2 Å². The molecular weight excluding hydrogens is 465 g/mol. The van der Waals surface area contributed by atoms with Crippen molar-refractivity contribution in [2.75, 3.05) is 10.6 Å². The predicted molar refractivity (Wildman–Crippen MR) is 133 cm³/mol. The van der Waals surface area contributed by atoms with Crippen LogP contribution in [0, 0.1) is 5.82 Å². The summed E-state index contributed by atoms with van der Waals surface area (Å²) in [6, 6.07) is 10.3. The largest absolute Gasteiger partial charge is 0.465 e. The molecule has 0 aliphatic carbocycles. The number of carbonyl (C=O) groups excluding carboxylic acids is 1. The molecule has 4 N–H and O–H groups in total. The van der Waals surface area contributed by atoms with Crippen LogP contribution in [0.5, 0.6) is 5.75 Å². The first-order chi connectivity index (χ1) is 17.2. The second-order valence-electron chi connectivity index (χ2n) is 9.14. The molecular formula is C25H24FN7O3. The van der Waals surface area contributed by atoms with Crippen molar-refractivity contribution in [3.63, 3.8) is 0 Å². The van der Waals surface area contributed by atoms with Crippen LogP contribution in [-0.4, -0.2) is 31.9 Å². The smallest absolute Gasteiger partial charge is 0.408 e. The van der Waals surface area contributed by atoms with E-state index in [4.69, 9.17) is 9.47 Å². The molecule has 1 aliphatic rings. The van der Waals surface area contributed by atoms with E-state index in [0.29, 0.717) is 17.0 Å². The van der Waals surface area contributed by atoms with Gasteiger partial charge < -0.3 is 25.4 Å². The van der Waals surface area contributed by atoms with Crippen LogP contribution >= 0.6 is 0 Å². The Morgan fingerprint density at radius 3 is 2.75 bits per heavy atom. The predicted octanol–water partition coefficient (Wildman–Crippen LogP) is 5.45. The summed E-state index contributed by atoms with van der Waals surface area (Å²) in [4.78, 5) is 20.6. The highest BCUT2D eigenvalue weighted by atomic mass is 19.1. The monoisotopic (exact) mass is 489 g/mol. The summed E-state index contributed by atoms with van der Waals surface area (Å²) < 4.78 is 25.5. The van der Waals surface area contributed by atoms with Gasteiger partial charge in [-0.25, -0.2) is 14.2 Å². The lowest BCUT2D eigenvalue weighted by Gasteiger charge is -2.25. The van der Waals surface area contributed by atoms with Gasteiger partial charge >= 0.3 is 6.09 Å². The zero-order valence-corrected chi connectivity index (χ0v) is 19.8. The number of anilines is 4. The van der Waals surface area contributed by atoms with Gasteiger partial charge in [-0.3, -0.25) is 5.10 Å². The van der Waals surface area contributed by atoms with Crippen LogP contribution in [0.25, 0.3) is 10.9 Å². The number of halogens is 1. The van der Waals surface area contributed by atoms with E-state index >= 15 is 0 Å². The van der Waals surface area contributed by atoms with E-state index in [9.17, 15) is 9.18 Å². The van der Waals surface area contributed by atoms with Gasteiger partial charge in [-0.15, -0.1) is 0 Å². The number of amides is 1. The number of rotatable bonds is 5. The van der Waals surface area contributed by atoms with Gasteiger partial charge in [0.25, 0.3) is 0 Å². The molecule has 0 saturated heterocycles. The van der Waals surface area contributed by atoms with Gasteiger partial charge in [-0.2, -0.15) is 10.1 Å². The summed E-state index contributed by atoms with van der Waals surface area (Å²) in [6.45, 7) is 5.37. The van der Waals surface area contributed by atoms with Crippen LogP contribution in [0.3, 0.4) is 0 Å². The number of alkyl carbamates (subject to hydrolysis) is 1. The zero-order valence-electron chi connectivity index (χ0n) is 19.8. The maximum absolute atomic E-state index is 14.6. The molecule has 4 aromatic rings. The van der Waals surface area contributed by atoms with Crippen molar-refractivity contribution in [3.05, 3.63) is 72.5 Å². The lowest BCUT2D eigenvalue weighted by atomic mass is 10.0. The highest BCUT2D eigenvalue weighted by Gasteiger charge is 2.24. The van der Waals surface area contributed by atoms with Crippen LogP contribution in [-0.2, 0) is 4.74 Å². The first-order valence-electron chi connectivity index (χ1n) is 11.2.